The fourth-order valence-corrected chi connectivity index (χ4v) is 2.83. The molecule has 1 fully saturated rings. The van der Waals surface area contributed by atoms with Crippen molar-refractivity contribution in [3.8, 4) is 10.6 Å². The summed E-state index contributed by atoms with van der Waals surface area (Å²) >= 11 is 1.47. The third kappa shape index (κ3) is 3.07. The number of pyridine rings is 1. The van der Waals surface area contributed by atoms with Gasteiger partial charge in [0.15, 0.2) is 0 Å². The van der Waals surface area contributed by atoms with Crippen molar-refractivity contribution >= 4 is 17.2 Å². The van der Waals surface area contributed by atoms with E-state index in [2.05, 4.69) is 9.97 Å². The highest BCUT2D eigenvalue weighted by Gasteiger charge is 2.35. The standard InChI is InChI=1S/C14H13F2N3OS/c15-14(16)3-5-19(6-4-14)13(20)10-1-2-11(18-7-10)12-8-17-9-21-12/h1-2,7-9H,3-6H2. The highest BCUT2D eigenvalue weighted by atomic mass is 32.1. The van der Waals surface area contributed by atoms with Gasteiger partial charge in [-0.3, -0.25) is 14.8 Å². The summed E-state index contributed by atoms with van der Waals surface area (Å²) in [6.07, 6.45) is 2.65. The number of aromatic nitrogens is 2. The van der Waals surface area contributed by atoms with Gasteiger partial charge in [-0.05, 0) is 12.1 Å². The van der Waals surface area contributed by atoms with Crippen LogP contribution >= 0.6 is 11.3 Å². The Labute approximate surface area is 124 Å². The minimum atomic E-state index is -2.65. The Hall–Kier alpha value is -1.89. The fourth-order valence-electron chi connectivity index (χ4n) is 2.23. The van der Waals surface area contributed by atoms with Crippen molar-refractivity contribution in [2.45, 2.75) is 18.8 Å². The van der Waals surface area contributed by atoms with Crippen LogP contribution in [-0.2, 0) is 0 Å². The summed E-state index contributed by atoms with van der Waals surface area (Å²) in [4.78, 5) is 22.8. The summed E-state index contributed by atoms with van der Waals surface area (Å²) in [6, 6.07) is 3.43. The minimum Gasteiger partial charge on any atom is -0.338 e. The number of amides is 1. The summed E-state index contributed by atoms with van der Waals surface area (Å²) < 4.78 is 26.2. The first-order chi connectivity index (χ1) is 10.1. The minimum absolute atomic E-state index is 0.0857. The highest BCUT2D eigenvalue weighted by molar-refractivity contribution is 7.13. The molecule has 3 heterocycles. The number of hydrogen-bond donors (Lipinski definition) is 0. The Morgan fingerprint density at radius 3 is 2.57 bits per heavy atom. The average Bonchev–Trinajstić information content (AvgIpc) is 3.01. The predicted molar refractivity (Wildman–Crippen MR) is 75.4 cm³/mol. The molecule has 0 bridgehead atoms. The number of carbonyl (C=O) groups is 1. The van der Waals surface area contributed by atoms with E-state index in [1.54, 1.807) is 23.8 Å². The molecule has 2 aromatic heterocycles. The first-order valence-corrected chi connectivity index (χ1v) is 7.45. The molecule has 0 atom stereocenters. The largest absolute Gasteiger partial charge is 0.338 e. The molecule has 1 saturated heterocycles. The van der Waals surface area contributed by atoms with Gasteiger partial charge in [0.05, 0.1) is 21.6 Å². The van der Waals surface area contributed by atoms with Gasteiger partial charge in [0.2, 0.25) is 0 Å². The quantitative estimate of drug-likeness (QED) is 0.856. The van der Waals surface area contributed by atoms with Crippen molar-refractivity contribution in [2.24, 2.45) is 0 Å². The first-order valence-electron chi connectivity index (χ1n) is 6.57. The lowest BCUT2D eigenvalue weighted by atomic mass is 10.1. The van der Waals surface area contributed by atoms with E-state index in [1.807, 2.05) is 0 Å². The topological polar surface area (TPSA) is 46.1 Å². The second-order valence-electron chi connectivity index (χ2n) is 4.95. The maximum atomic E-state index is 13.1. The fraction of sp³-hybridized carbons (Fsp3) is 0.357. The van der Waals surface area contributed by atoms with Crippen LogP contribution in [0.3, 0.4) is 0 Å². The van der Waals surface area contributed by atoms with Crippen molar-refractivity contribution in [1.29, 1.82) is 0 Å². The van der Waals surface area contributed by atoms with E-state index in [4.69, 9.17) is 0 Å². The third-order valence-electron chi connectivity index (χ3n) is 3.48. The van der Waals surface area contributed by atoms with E-state index in [0.29, 0.717) is 5.56 Å². The van der Waals surface area contributed by atoms with Crippen molar-refractivity contribution in [2.75, 3.05) is 13.1 Å². The molecule has 0 spiro atoms. The SMILES string of the molecule is O=C(c1ccc(-c2cncs2)nc1)N1CCC(F)(F)CC1. The molecule has 2 aromatic rings. The van der Waals surface area contributed by atoms with Crippen LogP contribution in [-0.4, -0.2) is 39.8 Å². The van der Waals surface area contributed by atoms with Gasteiger partial charge in [-0.15, -0.1) is 11.3 Å². The molecule has 0 aliphatic carbocycles. The van der Waals surface area contributed by atoms with E-state index < -0.39 is 5.92 Å². The maximum Gasteiger partial charge on any atom is 0.255 e. The van der Waals surface area contributed by atoms with E-state index in [1.165, 1.54) is 22.4 Å². The zero-order valence-corrected chi connectivity index (χ0v) is 11.9. The van der Waals surface area contributed by atoms with Crippen LogP contribution in [0.4, 0.5) is 8.78 Å². The molecule has 0 N–H and O–H groups in total. The number of halogens is 2. The van der Waals surface area contributed by atoms with Gasteiger partial charge in [0, 0.05) is 38.3 Å². The number of thiazole rings is 1. The molecule has 0 saturated carbocycles. The van der Waals surface area contributed by atoms with Gasteiger partial charge < -0.3 is 4.90 Å². The molecule has 0 radical (unpaired) electrons. The lowest BCUT2D eigenvalue weighted by Crippen LogP contribution is -2.42. The average molecular weight is 309 g/mol. The number of piperidine rings is 1. The van der Waals surface area contributed by atoms with E-state index >= 15 is 0 Å². The Kier molecular flexibility index (Phi) is 3.67. The van der Waals surface area contributed by atoms with Crippen LogP contribution in [0.2, 0.25) is 0 Å². The molecule has 3 rings (SSSR count). The Morgan fingerprint density at radius 2 is 2.00 bits per heavy atom. The lowest BCUT2D eigenvalue weighted by molar-refractivity contribution is -0.0494. The molecule has 1 aliphatic heterocycles. The van der Waals surface area contributed by atoms with Gasteiger partial charge in [0.1, 0.15) is 0 Å². The number of hydrogen-bond acceptors (Lipinski definition) is 4. The Bertz CT molecular complexity index is 618. The van der Waals surface area contributed by atoms with E-state index in [0.717, 1.165) is 10.6 Å². The number of carbonyl (C=O) groups excluding carboxylic acids is 1. The Morgan fingerprint density at radius 1 is 1.24 bits per heavy atom. The van der Waals surface area contributed by atoms with Crippen molar-refractivity contribution in [3.63, 3.8) is 0 Å². The van der Waals surface area contributed by atoms with Crippen LogP contribution in [0.5, 0.6) is 0 Å². The normalized spacial score (nSPS) is 17.7. The zero-order chi connectivity index (χ0) is 14.9. The Balaban J connectivity index is 1.71. The van der Waals surface area contributed by atoms with Crippen molar-refractivity contribution in [3.05, 3.63) is 35.6 Å². The molecule has 7 heteroatoms. The number of nitrogens with zero attached hydrogens (tertiary/aromatic N) is 3. The predicted octanol–water partition coefficient (Wildman–Crippen LogP) is 3.08. The molecular formula is C14H13F2N3OS. The molecule has 1 amide bonds. The van der Waals surface area contributed by atoms with Crippen LogP contribution in [0.25, 0.3) is 10.6 Å². The molecule has 0 unspecified atom stereocenters. The third-order valence-corrected chi connectivity index (χ3v) is 4.27. The van der Waals surface area contributed by atoms with Crippen LogP contribution in [0.15, 0.2) is 30.0 Å². The van der Waals surface area contributed by atoms with Gasteiger partial charge >= 0.3 is 0 Å². The van der Waals surface area contributed by atoms with Gasteiger partial charge in [-0.1, -0.05) is 0 Å². The summed E-state index contributed by atoms with van der Waals surface area (Å²) in [5.74, 6) is -2.89. The van der Waals surface area contributed by atoms with Crippen LogP contribution in [0, 0.1) is 0 Å². The van der Waals surface area contributed by atoms with Gasteiger partial charge in [-0.2, -0.15) is 0 Å². The molecule has 4 nitrogen and oxygen atoms in total. The zero-order valence-electron chi connectivity index (χ0n) is 11.1. The van der Waals surface area contributed by atoms with Crippen LogP contribution in [0.1, 0.15) is 23.2 Å². The van der Waals surface area contributed by atoms with Crippen molar-refractivity contribution < 1.29 is 13.6 Å². The summed E-state index contributed by atoms with van der Waals surface area (Å²) in [5.41, 5.74) is 2.89. The molecule has 1 aliphatic rings. The van der Waals surface area contributed by atoms with Crippen molar-refractivity contribution in [1.82, 2.24) is 14.9 Å². The van der Waals surface area contributed by atoms with Crippen LogP contribution < -0.4 is 0 Å². The molecule has 0 aromatic carbocycles. The molecule has 110 valence electrons. The summed E-state index contributed by atoms with van der Waals surface area (Å²) in [5, 5.41) is 0. The lowest BCUT2D eigenvalue weighted by Gasteiger charge is -2.31. The monoisotopic (exact) mass is 309 g/mol. The summed E-state index contributed by atoms with van der Waals surface area (Å²) in [6.45, 7) is 0.171. The number of rotatable bonds is 2. The van der Waals surface area contributed by atoms with Gasteiger partial charge in [0.25, 0.3) is 11.8 Å². The maximum absolute atomic E-state index is 13.1. The highest BCUT2D eigenvalue weighted by Crippen LogP contribution is 2.28. The molecule has 21 heavy (non-hydrogen) atoms. The van der Waals surface area contributed by atoms with Gasteiger partial charge in [-0.25, -0.2) is 8.78 Å². The second kappa shape index (κ2) is 5.48. The summed E-state index contributed by atoms with van der Waals surface area (Å²) in [7, 11) is 0. The number of alkyl halides is 2. The van der Waals surface area contributed by atoms with E-state index in [9.17, 15) is 13.6 Å². The first kappa shape index (κ1) is 14.1. The smallest absolute Gasteiger partial charge is 0.255 e. The van der Waals surface area contributed by atoms with E-state index in [-0.39, 0.29) is 31.8 Å². The second-order valence-corrected chi connectivity index (χ2v) is 5.83. The number of likely N-dealkylation sites (tertiary alicyclic amines) is 1. The molecular weight excluding hydrogens is 296 g/mol.